The van der Waals surface area contributed by atoms with Crippen molar-refractivity contribution in [1.29, 1.82) is 0 Å². The van der Waals surface area contributed by atoms with Gasteiger partial charge in [-0.15, -0.1) is 0 Å². The van der Waals surface area contributed by atoms with E-state index in [0.29, 0.717) is 5.56 Å². The van der Waals surface area contributed by atoms with E-state index in [0.717, 1.165) is 24.2 Å². The van der Waals surface area contributed by atoms with Gasteiger partial charge in [0.15, 0.2) is 12.3 Å². The number of aliphatic hydroxyl groups excluding tert-OH is 1. The third-order valence-corrected chi connectivity index (χ3v) is 5.86. The summed E-state index contributed by atoms with van der Waals surface area (Å²) in [5.41, 5.74) is 0.626. The third-order valence-electron chi connectivity index (χ3n) is 5.86. The summed E-state index contributed by atoms with van der Waals surface area (Å²) in [7, 11) is 0. The molecular formula is C25H25F5N4O4. The van der Waals surface area contributed by atoms with Crippen molar-refractivity contribution in [2.45, 2.75) is 37.9 Å². The Balaban J connectivity index is 1.79. The number of hydrogen-bond acceptors (Lipinski definition) is 6. The molecule has 2 unspecified atom stereocenters. The number of aliphatic hydroxyl groups is 1. The lowest BCUT2D eigenvalue weighted by Gasteiger charge is -2.31. The fraction of sp³-hybridized carbons (Fsp3) is 0.360. The Morgan fingerprint density at radius 1 is 1.03 bits per heavy atom. The molecule has 0 saturated heterocycles. The molecule has 0 aliphatic heterocycles. The van der Waals surface area contributed by atoms with Gasteiger partial charge in [0.2, 0.25) is 0 Å². The lowest BCUT2D eigenvalue weighted by molar-refractivity contribution is -0.295. The average molecular weight is 540 g/mol. The summed E-state index contributed by atoms with van der Waals surface area (Å²) in [4.78, 5) is 25.2. The van der Waals surface area contributed by atoms with Crippen molar-refractivity contribution in [3.8, 4) is 11.1 Å². The highest BCUT2D eigenvalue weighted by atomic mass is 19.4. The van der Waals surface area contributed by atoms with Crippen LogP contribution in [0.1, 0.15) is 29.4 Å². The molecule has 0 aliphatic rings. The Labute approximate surface area is 214 Å². The standard InChI is InChI=1S/C25H25F5N4O4/c1-23(14-35,22(37)38-15-24(26,27)25(28,29)30)12-19(32-21(36)20-13-31-34-33-20)11-16-7-9-18(10-8-16)17-5-3-2-4-6-17/h2-10,13,19,35H,11-12,14-15H2,1H3,(H,32,36)(H,31,33,34). The SMILES string of the molecule is CC(CO)(CC(Cc1ccc(-c2ccccc2)cc1)NC(=O)c1cn[nH]n1)C(=O)OCC(F)(F)C(F)(F)F. The normalized spacial score (nSPS) is 14.4. The molecule has 0 aliphatic carbocycles. The van der Waals surface area contributed by atoms with Crippen molar-refractivity contribution in [2.24, 2.45) is 5.41 Å². The number of alkyl halides is 5. The molecule has 13 heteroatoms. The van der Waals surface area contributed by atoms with Gasteiger partial charge in [-0.1, -0.05) is 54.6 Å². The van der Waals surface area contributed by atoms with Gasteiger partial charge in [-0.05, 0) is 36.5 Å². The second kappa shape index (κ2) is 11.7. The molecule has 0 bridgehead atoms. The molecular weight excluding hydrogens is 515 g/mol. The first-order valence-corrected chi connectivity index (χ1v) is 11.4. The number of esters is 1. The molecule has 0 radical (unpaired) electrons. The summed E-state index contributed by atoms with van der Waals surface area (Å²) in [6.45, 7) is -2.02. The van der Waals surface area contributed by atoms with Gasteiger partial charge in [0.25, 0.3) is 5.91 Å². The highest BCUT2D eigenvalue weighted by Gasteiger charge is 2.58. The highest BCUT2D eigenvalue weighted by Crippen LogP contribution is 2.36. The number of H-pyrrole nitrogens is 1. The summed E-state index contributed by atoms with van der Waals surface area (Å²) in [6.07, 6.45) is -4.98. The minimum Gasteiger partial charge on any atom is -0.458 e. The fourth-order valence-corrected chi connectivity index (χ4v) is 3.66. The van der Waals surface area contributed by atoms with Crippen LogP contribution in [0.4, 0.5) is 22.0 Å². The molecule has 8 nitrogen and oxygen atoms in total. The van der Waals surface area contributed by atoms with Gasteiger partial charge in [0, 0.05) is 6.04 Å². The van der Waals surface area contributed by atoms with Crippen LogP contribution in [-0.2, 0) is 16.0 Å². The van der Waals surface area contributed by atoms with E-state index in [1.165, 1.54) is 0 Å². The number of nitrogens with zero attached hydrogens (tertiary/aromatic N) is 2. The maximum absolute atomic E-state index is 13.3. The summed E-state index contributed by atoms with van der Waals surface area (Å²) in [5, 5.41) is 22.0. The molecule has 3 aromatic rings. The van der Waals surface area contributed by atoms with Gasteiger partial charge in [0.1, 0.15) is 0 Å². The molecule has 204 valence electrons. The molecule has 1 amide bonds. The van der Waals surface area contributed by atoms with Gasteiger partial charge in [-0.25, -0.2) is 0 Å². The molecule has 0 spiro atoms. The Kier molecular flexibility index (Phi) is 8.82. The maximum Gasteiger partial charge on any atom is 0.456 e. The summed E-state index contributed by atoms with van der Waals surface area (Å²) in [5.74, 6) is -7.41. The van der Waals surface area contributed by atoms with Crippen molar-refractivity contribution in [2.75, 3.05) is 13.2 Å². The van der Waals surface area contributed by atoms with E-state index in [-0.39, 0.29) is 18.5 Å². The second-order valence-electron chi connectivity index (χ2n) is 8.99. The predicted molar refractivity (Wildman–Crippen MR) is 125 cm³/mol. The van der Waals surface area contributed by atoms with Gasteiger partial charge < -0.3 is 15.2 Å². The van der Waals surface area contributed by atoms with Crippen LogP contribution in [0.15, 0.2) is 60.8 Å². The van der Waals surface area contributed by atoms with Crippen LogP contribution in [-0.4, -0.2) is 63.7 Å². The van der Waals surface area contributed by atoms with Crippen LogP contribution in [0.3, 0.4) is 0 Å². The second-order valence-corrected chi connectivity index (χ2v) is 8.99. The molecule has 0 fully saturated rings. The van der Waals surface area contributed by atoms with Crippen molar-refractivity contribution < 1.29 is 41.4 Å². The summed E-state index contributed by atoms with van der Waals surface area (Å²) < 4.78 is 68.3. The van der Waals surface area contributed by atoms with Crippen LogP contribution in [0, 0.1) is 5.41 Å². The Hall–Kier alpha value is -3.87. The van der Waals surface area contributed by atoms with E-state index in [1.807, 2.05) is 42.5 Å². The number of hydrogen-bond donors (Lipinski definition) is 3. The predicted octanol–water partition coefficient (Wildman–Crippen LogP) is 3.94. The number of aromatic nitrogens is 3. The van der Waals surface area contributed by atoms with Gasteiger partial charge in [0.05, 0.1) is 18.2 Å². The fourth-order valence-electron chi connectivity index (χ4n) is 3.66. The molecule has 3 rings (SSSR count). The molecule has 3 N–H and O–H groups in total. The van der Waals surface area contributed by atoms with Crippen LogP contribution >= 0.6 is 0 Å². The highest BCUT2D eigenvalue weighted by molar-refractivity contribution is 5.92. The Morgan fingerprint density at radius 3 is 2.21 bits per heavy atom. The molecule has 2 aromatic carbocycles. The number of amides is 1. The number of nitrogens with one attached hydrogen (secondary N) is 2. The number of benzene rings is 2. The first-order chi connectivity index (χ1) is 17.8. The molecule has 0 saturated carbocycles. The van der Waals surface area contributed by atoms with Crippen LogP contribution in [0.2, 0.25) is 0 Å². The Morgan fingerprint density at radius 2 is 1.66 bits per heavy atom. The molecule has 1 heterocycles. The minimum absolute atomic E-state index is 0.0764. The van der Waals surface area contributed by atoms with Crippen LogP contribution in [0.25, 0.3) is 11.1 Å². The van der Waals surface area contributed by atoms with Crippen molar-refractivity contribution in [1.82, 2.24) is 20.7 Å². The van der Waals surface area contributed by atoms with Crippen LogP contribution < -0.4 is 5.32 Å². The first-order valence-electron chi connectivity index (χ1n) is 11.4. The smallest absolute Gasteiger partial charge is 0.456 e. The first kappa shape index (κ1) is 28.7. The van der Waals surface area contributed by atoms with Gasteiger partial charge >= 0.3 is 18.1 Å². The van der Waals surface area contributed by atoms with Crippen LogP contribution in [0.5, 0.6) is 0 Å². The topological polar surface area (TPSA) is 117 Å². The summed E-state index contributed by atoms with van der Waals surface area (Å²) in [6, 6.07) is 15.9. The van der Waals surface area contributed by atoms with Gasteiger partial charge in [-0.3, -0.25) is 9.59 Å². The third kappa shape index (κ3) is 7.12. The van der Waals surface area contributed by atoms with E-state index in [9.17, 15) is 36.6 Å². The zero-order valence-electron chi connectivity index (χ0n) is 20.1. The van der Waals surface area contributed by atoms with E-state index < -0.39 is 48.6 Å². The van der Waals surface area contributed by atoms with E-state index >= 15 is 0 Å². The minimum atomic E-state index is -5.91. The molecule has 38 heavy (non-hydrogen) atoms. The maximum atomic E-state index is 13.3. The summed E-state index contributed by atoms with van der Waals surface area (Å²) >= 11 is 0. The Bertz CT molecular complexity index is 1200. The van der Waals surface area contributed by atoms with E-state index in [2.05, 4.69) is 25.5 Å². The number of rotatable bonds is 11. The van der Waals surface area contributed by atoms with Crippen molar-refractivity contribution in [3.63, 3.8) is 0 Å². The zero-order chi connectivity index (χ0) is 28.0. The number of carbonyl (C=O) groups excluding carboxylic acids is 2. The monoisotopic (exact) mass is 540 g/mol. The largest absolute Gasteiger partial charge is 0.458 e. The van der Waals surface area contributed by atoms with E-state index in [4.69, 9.17) is 0 Å². The lowest BCUT2D eigenvalue weighted by Crippen LogP contribution is -2.47. The number of halogens is 5. The van der Waals surface area contributed by atoms with Crippen molar-refractivity contribution in [3.05, 3.63) is 72.1 Å². The number of ether oxygens (including phenoxy) is 1. The zero-order valence-corrected chi connectivity index (χ0v) is 20.1. The lowest BCUT2D eigenvalue weighted by atomic mass is 9.82. The quantitative estimate of drug-likeness (QED) is 0.251. The average Bonchev–Trinajstić information content (AvgIpc) is 3.43. The molecule has 1 aromatic heterocycles. The van der Waals surface area contributed by atoms with E-state index in [1.54, 1.807) is 12.1 Å². The van der Waals surface area contributed by atoms with Gasteiger partial charge in [-0.2, -0.15) is 37.4 Å². The number of carbonyl (C=O) groups is 2. The number of aromatic amines is 1. The molecule has 2 atom stereocenters. The van der Waals surface area contributed by atoms with Crippen molar-refractivity contribution >= 4 is 11.9 Å².